The Labute approximate surface area is 178 Å². The normalized spacial score (nSPS) is 11.8. The zero-order chi connectivity index (χ0) is 20.5. The quantitative estimate of drug-likeness (QED) is 0.443. The highest BCUT2D eigenvalue weighted by molar-refractivity contribution is 9.10. The van der Waals surface area contributed by atoms with Crippen LogP contribution >= 0.6 is 27.3 Å². The first-order chi connectivity index (χ1) is 14.0. The van der Waals surface area contributed by atoms with Gasteiger partial charge in [0.15, 0.2) is 17.3 Å². The molecule has 0 unspecified atom stereocenters. The van der Waals surface area contributed by atoms with Crippen molar-refractivity contribution in [3.63, 3.8) is 0 Å². The lowest BCUT2D eigenvalue weighted by Crippen LogP contribution is -2.23. The van der Waals surface area contributed by atoms with Crippen LogP contribution in [0, 0.1) is 0 Å². The molecule has 0 N–H and O–H groups in total. The molecule has 0 bridgehead atoms. The van der Waals surface area contributed by atoms with Gasteiger partial charge in [-0.15, -0.1) is 5.10 Å². The molecule has 4 aromatic rings. The highest BCUT2D eigenvalue weighted by Crippen LogP contribution is 2.38. The van der Waals surface area contributed by atoms with E-state index in [0.717, 1.165) is 15.6 Å². The van der Waals surface area contributed by atoms with Crippen LogP contribution < -0.4 is 24.3 Å². The average Bonchev–Trinajstić information content (AvgIpc) is 3.27. The van der Waals surface area contributed by atoms with Crippen molar-refractivity contribution < 1.29 is 14.2 Å². The third kappa shape index (κ3) is 3.58. The van der Waals surface area contributed by atoms with E-state index in [-0.39, 0.29) is 5.56 Å². The predicted octanol–water partition coefficient (Wildman–Crippen LogP) is 3.15. The first kappa shape index (κ1) is 19.4. The number of fused-ring (bicyclic) bond motifs is 1. The van der Waals surface area contributed by atoms with Crippen molar-refractivity contribution in [2.45, 2.75) is 0 Å². The summed E-state index contributed by atoms with van der Waals surface area (Å²) in [5.74, 6) is 2.04. The number of thiazole rings is 1. The first-order valence-electron chi connectivity index (χ1n) is 8.51. The van der Waals surface area contributed by atoms with Crippen LogP contribution in [0.3, 0.4) is 0 Å². The summed E-state index contributed by atoms with van der Waals surface area (Å²) in [6.07, 6.45) is 1.76. The summed E-state index contributed by atoms with van der Waals surface area (Å²) in [4.78, 5) is 17.8. The van der Waals surface area contributed by atoms with E-state index < -0.39 is 0 Å². The lowest BCUT2D eigenvalue weighted by molar-refractivity contribution is 0.324. The number of nitrogens with zero attached hydrogens (tertiary/aromatic N) is 3. The number of aromatic nitrogens is 3. The second-order valence-corrected chi connectivity index (χ2v) is 7.94. The van der Waals surface area contributed by atoms with Crippen molar-refractivity contribution in [1.82, 2.24) is 14.6 Å². The van der Waals surface area contributed by atoms with Gasteiger partial charge < -0.3 is 14.2 Å². The molecule has 29 heavy (non-hydrogen) atoms. The van der Waals surface area contributed by atoms with Gasteiger partial charge in [0.2, 0.25) is 10.7 Å². The molecule has 0 aliphatic carbocycles. The van der Waals surface area contributed by atoms with E-state index in [1.807, 2.05) is 24.3 Å². The van der Waals surface area contributed by atoms with E-state index in [4.69, 9.17) is 14.2 Å². The maximum absolute atomic E-state index is 12.8. The molecule has 2 heterocycles. The molecule has 148 valence electrons. The minimum atomic E-state index is -0.227. The van der Waals surface area contributed by atoms with Gasteiger partial charge in [0.05, 0.1) is 25.9 Å². The molecular weight excluding hydrogens is 458 g/mol. The van der Waals surface area contributed by atoms with Crippen molar-refractivity contribution in [1.29, 1.82) is 0 Å². The molecular formula is C20H16BrN3O4S. The van der Waals surface area contributed by atoms with Gasteiger partial charge in [-0.25, -0.2) is 0 Å². The second kappa shape index (κ2) is 7.84. The monoisotopic (exact) mass is 473 g/mol. The number of rotatable bonds is 5. The zero-order valence-electron chi connectivity index (χ0n) is 15.8. The van der Waals surface area contributed by atoms with Gasteiger partial charge in [0.25, 0.3) is 5.56 Å². The topological polar surface area (TPSA) is 75.0 Å². The number of hydrogen-bond donors (Lipinski definition) is 0. The fourth-order valence-corrected chi connectivity index (χ4v) is 4.06. The van der Waals surface area contributed by atoms with Crippen molar-refractivity contribution in [2.75, 3.05) is 21.3 Å². The van der Waals surface area contributed by atoms with Crippen LogP contribution in [0.2, 0.25) is 0 Å². The number of ether oxygens (including phenoxy) is 3. The second-order valence-electron chi connectivity index (χ2n) is 6.01. The van der Waals surface area contributed by atoms with Gasteiger partial charge in [0.1, 0.15) is 0 Å². The molecule has 0 fully saturated rings. The Morgan fingerprint density at radius 2 is 1.69 bits per heavy atom. The molecule has 0 saturated heterocycles. The molecule has 0 spiro atoms. The number of halogens is 1. The van der Waals surface area contributed by atoms with E-state index in [1.54, 1.807) is 39.5 Å². The van der Waals surface area contributed by atoms with Crippen molar-refractivity contribution in [2.24, 2.45) is 0 Å². The summed E-state index contributed by atoms with van der Waals surface area (Å²) in [5, 5.41) is 4.37. The van der Waals surface area contributed by atoms with E-state index in [9.17, 15) is 4.79 Å². The molecule has 0 saturated carbocycles. The SMILES string of the molecule is COc1cc(C=c2sc3nc(-c4ccc(Br)cc4)nn3c2=O)cc(OC)c1OC. The first-order valence-corrected chi connectivity index (χ1v) is 10.1. The van der Waals surface area contributed by atoms with Gasteiger partial charge in [-0.2, -0.15) is 9.50 Å². The molecule has 0 aliphatic heterocycles. The molecule has 9 heteroatoms. The molecule has 2 aromatic heterocycles. The Kier molecular flexibility index (Phi) is 5.25. The summed E-state index contributed by atoms with van der Waals surface area (Å²) in [6, 6.07) is 11.2. The van der Waals surface area contributed by atoms with Crippen LogP contribution in [-0.4, -0.2) is 35.9 Å². The Morgan fingerprint density at radius 3 is 2.24 bits per heavy atom. The van der Waals surface area contributed by atoms with Crippen molar-refractivity contribution in [3.8, 4) is 28.6 Å². The van der Waals surface area contributed by atoms with Gasteiger partial charge >= 0.3 is 0 Å². The molecule has 0 atom stereocenters. The Bertz CT molecular complexity index is 1270. The van der Waals surface area contributed by atoms with Crippen LogP contribution in [0.15, 0.2) is 45.7 Å². The van der Waals surface area contributed by atoms with Gasteiger partial charge in [-0.05, 0) is 35.9 Å². The van der Waals surface area contributed by atoms with Crippen LogP contribution in [0.4, 0.5) is 0 Å². The van der Waals surface area contributed by atoms with Crippen molar-refractivity contribution in [3.05, 3.63) is 61.3 Å². The smallest absolute Gasteiger partial charge is 0.291 e. The molecule has 0 amide bonds. The fraction of sp³-hybridized carbons (Fsp3) is 0.150. The van der Waals surface area contributed by atoms with Crippen molar-refractivity contribution >= 4 is 38.3 Å². The van der Waals surface area contributed by atoms with E-state index >= 15 is 0 Å². The maximum Gasteiger partial charge on any atom is 0.291 e. The predicted molar refractivity (Wildman–Crippen MR) is 115 cm³/mol. The zero-order valence-corrected chi connectivity index (χ0v) is 18.2. The summed E-state index contributed by atoms with van der Waals surface area (Å²) in [6.45, 7) is 0. The van der Waals surface area contributed by atoms with E-state index in [0.29, 0.717) is 32.6 Å². The molecule has 4 rings (SSSR count). The van der Waals surface area contributed by atoms with Gasteiger partial charge in [-0.3, -0.25) is 4.79 Å². The van der Waals surface area contributed by atoms with Gasteiger partial charge in [-0.1, -0.05) is 39.4 Å². The average molecular weight is 474 g/mol. The Hall–Kier alpha value is -2.91. The summed E-state index contributed by atoms with van der Waals surface area (Å²) < 4.78 is 18.9. The number of methoxy groups -OCH3 is 3. The summed E-state index contributed by atoms with van der Waals surface area (Å²) in [7, 11) is 4.64. The lowest BCUT2D eigenvalue weighted by Gasteiger charge is -2.12. The van der Waals surface area contributed by atoms with Crippen LogP contribution in [-0.2, 0) is 0 Å². The summed E-state index contributed by atoms with van der Waals surface area (Å²) in [5.41, 5.74) is 1.36. The Balaban J connectivity index is 1.80. The third-order valence-electron chi connectivity index (χ3n) is 4.27. The maximum atomic E-state index is 12.8. The number of benzene rings is 2. The van der Waals surface area contributed by atoms with Gasteiger partial charge in [0, 0.05) is 10.0 Å². The van der Waals surface area contributed by atoms with Crippen LogP contribution in [0.25, 0.3) is 22.4 Å². The molecule has 0 aliphatic rings. The highest BCUT2D eigenvalue weighted by atomic mass is 79.9. The minimum absolute atomic E-state index is 0.227. The fourth-order valence-electron chi connectivity index (χ4n) is 2.89. The van der Waals surface area contributed by atoms with Crippen LogP contribution in [0.1, 0.15) is 5.56 Å². The van der Waals surface area contributed by atoms with Crippen LogP contribution in [0.5, 0.6) is 17.2 Å². The third-order valence-corrected chi connectivity index (χ3v) is 5.76. The lowest BCUT2D eigenvalue weighted by atomic mass is 10.1. The van der Waals surface area contributed by atoms with E-state index in [1.165, 1.54) is 15.9 Å². The minimum Gasteiger partial charge on any atom is -0.493 e. The highest BCUT2D eigenvalue weighted by Gasteiger charge is 2.14. The standard InChI is InChI=1S/C20H16BrN3O4S/c1-26-14-8-11(9-15(27-2)17(14)28-3)10-16-19(25)24-20(29-16)22-18(23-24)12-4-6-13(21)7-5-12/h4-10H,1-3H3. The molecule has 2 aromatic carbocycles. The Morgan fingerprint density at radius 1 is 1.03 bits per heavy atom. The largest absolute Gasteiger partial charge is 0.493 e. The molecule has 7 nitrogen and oxygen atoms in total. The molecule has 0 radical (unpaired) electrons. The number of hydrogen-bond acceptors (Lipinski definition) is 7. The summed E-state index contributed by atoms with van der Waals surface area (Å²) >= 11 is 4.68. The van der Waals surface area contributed by atoms with E-state index in [2.05, 4.69) is 26.0 Å².